The minimum atomic E-state index is 0.0355. The average molecular weight is 214 g/mol. The quantitative estimate of drug-likeness (QED) is 0.820. The average Bonchev–Trinajstić information content (AvgIpc) is 2.31. The lowest BCUT2D eigenvalue weighted by molar-refractivity contribution is 0.474. The van der Waals surface area contributed by atoms with Gasteiger partial charge in [0.25, 0.3) is 0 Å². The zero-order chi connectivity index (χ0) is 11.4. The first-order valence-corrected chi connectivity index (χ1v) is 5.21. The summed E-state index contributed by atoms with van der Waals surface area (Å²) in [5.74, 6) is 0.292. The van der Waals surface area contributed by atoms with E-state index in [0.717, 1.165) is 11.3 Å². The van der Waals surface area contributed by atoms with Crippen LogP contribution in [0, 0.1) is 0 Å². The van der Waals surface area contributed by atoms with E-state index in [0.29, 0.717) is 6.54 Å². The molecule has 82 valence electrons. The van der Waals surface area contributed by atoms with E-state index in [1.807, 2.05) is 30.3 Å². The zero-order valence-corrected chi connectivity index (χ0v) is 8.88. The molecule has 1 atom stereocenters. The number of hydrogen-bond donors (Lipinski definition) is 2. The second-order valence-electron chi connectivity index (χ2n) is 3.64. The molecule has 0 radical (unpaired) electrons. The summed E-state index contributed by atoms with van der Waals surface area (Å²) in [6.45, 7) is 0.473. The highest BCUT2D eigenvalue weighted by molar-refractivity contribution is 5.34. The van der Waals surface area contributed by atoms with Crippen molar-refractivity contribution in [2.75, 3.05) is 6.54 Å². The van der Waals surface area contributed by atoms with Crippen LogP contribution >= 0.6 is 0 Å². The maximum atomic E-state index is 9.44. The van der Waals surface area contributed by atoms with E-state index < -0.39 is 0 Å². The van der Waals surface area contributed by atoms with Gasteiger partial charge in [-0.3, -0.25) is 4.98 Å². The van der Waals surface area contributed by atoms with Crippen molar-refractivity contribution in [2.24, 2.45) is 5.73 Å². The summed E-state index contributed by atoms with van der Waals surface area (Å²) in [5, 5.41) is 9.44. The smallest absolute Gasteiger partial charge is 0.115 e. The normalized spacial score (nSPS) is 12.3. The van der Waals surface area contributed by atoms with Gasteiger partial charge in [0, 0.05) is 24.4 Å². The molecule has 0 amide bonds. The van der Waals surface area contributed by atoms with Crippen molar-refractivity contribution in [3.05, 3.63) is 59.9 Å². The summed E-state index contributed by atoms with van der Waals surface area (Å²) in [6.07, 6.45) is 1.75. The number of nitrogens with two attached hydrogens (primary N) is 1. The predicted molar refractivity (Wildman–Crippen MR) is 63.2 cm³/mol. The first-order chi connectivity index (χ1) is 7.81. The Morgan fingerprint density at radius 1 is 1.19 bits per heavy atom. The number of nitrogens with zero attached hydrogens (tertiary/aromatic N) is 1. The molecule has 2 aromatic rings. The molecule has 3 heteroatoms. The van der Waals surface area contributed by atoms with Crippen molar-refractivity contribution < 1.29 is 5.11 Å². The van der Waals surface area contributed by atoms with Gasteiger partial charge in [-0.05, 0) is 29.8 Å². The molecule has 3 nitrogen and oxygen atoms in total. The van der Waals surface area contributed by atoms with E-state index >= 15 is 0 Å². The zero-order valence-electron chi connectivity index (χ0n) is 8.88. The fourth-order valence-corrected chi connectivity index (χ4v) is 1.75. The third-order valence-electron chi connectivity index (χ3n) is 2.55. The summed E-state index contributed by atoms with van der Waals surface area (Å²) in [7, 11) is 0. The van der Waals surface area contributed by atoms with Crippen LogP contribution in [-0.2, 0) is 0 Å². The number of rotatable bonds is 3. The van der Waals surface area contributed by atoms with Gasteiger partial charge >= 0.3 is 0 Å². The summed E-state index contributed by atoms with van der Waals surface area (Å²) in [4.78, 5) is 4.29. The van der Waals surface area contributed by atoms with Gasteiger partial charge in [0.2, 0.25) is 0 Å². The summed E-state index contributed by atoms with van der Waals surface area (Å²) in [6, 6.07) is 12.9. The van der Waals surface area contributed by atoms with Gasteiger partial charge in [0.15, 0.2) is 0 Å². The third-order valence-corrected chi connectivity index (χ3v) is 2.55. The molecule has 2 rings (SSSR count). The van der Waals surface area contributed by atoms with Crippen LogP contribution in [0.5, 0.6) is 5.75 Å². The largest absolute Gasteiger partial charge is 0.508 e. The highest BCUT2D eigenvalue weighted by atomic mass is 16.3. The van der Waals surface area contributed by atoms with Gasteiger partial charge in [-0.25, -0.2) is 0 Å². The molecule has 3 N–H and O–H groups in total. The van der Waals surface area contributed by atoms with E-state index in [2.05, 4.69) is 4.98 Å². The Labute approximate surface area is 94.6 Å². The highest BCUT2D eigenvalue weighted by Gasteiger charge is 2.13. The lowest BCUT2D eigenvalue weighted by atomic mass is 9.95. The van der Waals surface area contributed by atoms with Crippen LogP contribution in [-0.4, -0.2) is 16.6 Å². The lowest BCUT2D eigenvalue weighted by Crippen LogP contribution is -2.14. The summed E-state index contributed by atoms with van der Waals surface area (Å²) in [5.41, 5.74) is 7.68. The lowest BCUT2D eigenvalue weighted by Gasteiger charge is -2.14. The minimum absolute atomic E-state index is 0.0355. The topological polar surface area (TPSA) is 59.1 Å². The Hall–Kier alpha value is -1.87. The maximum Gasteiger partial charge on any atom is 0.115 e. The number of aromatic hydroxyl groups is 1. The SMILES string of the molecule is NCC(c1cccc(O)c1)c1ccccn1. The highest BCUT2D eigenvalue weighted by Crippen LogP contribution is 2.24. The second kappa shape index (κ2) is 4.77. The molecule has 0 saturated heterocycles. The van der Waals surface area contributed by atoms with Crippen molar-refractivity contribution in [2.45, 2.75) is 5.92 Å². The van der Waals surface area contributed by atoms with Crippen LogP contribution in [0.2, 0.25) is 0 Å². The first-order valence-electron chi connectivity index (χ1n) is 5.21. The predicted octanol–water partition coefficient (Wildman–Crippen LogP) is 1.88. The van der Waals surface area contributed by atoms with Crippen molar-refractivity contribution in [3.63, 3.8) is 0 Å². The van der Waals surface area contributed by atoms with Crippen molar-refractivity contribution in [3.8, 4) is 5.75 Å². The van der Waals surface area contributed by atoms with Gasteiger partial charge in [0.1, 0.15) is 5.75 Å². The summed E-state index contributed by atoms with van der Waals surface area (Å²) < 4.78 is 0. The number of hydrogen-bond acceptors (Lipinski definition) is 3. The van der Waals surface area contributed by atoms with Crippen molar-refractivity contribution in [1.29, 1.82) is 0 Å². The Balaban J connectivity index is 2.37. The fourth-order valence-electron chi connectivity index (χ4n) is 1.75. The molecule has 0 saturated carbocycles. The number of aromatic nitrogens is 1. The molecule has 0 aliphatic carbocycles. The fraction of sp³-hybridized carbons (Fsp3) is 0.154. The van der Waals surface area contributed by atoms with Gasteiger partial charge < -0.3 is 10.8 Å². The Morgan fingerprint density at radius 2 is 2.06 bits per heavy atom. The van der Waals surface area contributed by atoms with E-state index in [-0.39, 0.29) is 11.7 Å². The van der Waals surface area contributed by atoms with E-state index in [4.69, 9.17) is 5.73 Å². The van der Waals surface area contributed by atoms with E-state index in [9.17, 15) is 5.11 Å². The van der Waals surface area contributed by atoms with Gasteiger partial charge in [-0.2, -0.15) is 0 Å². The minimum Gasteiger partial charge on any atom is -0.508 e. The number of phenolic OH excluding ortho intramolecular Hbond substituents is 1. The first kappa shape index (κ1) is 10.6. The molecule has 0 bridgehead atoms. The van der Waals surface area contributed by atoms with Crippen LogP contribution in [0.1, 0.15) is 17.2 Å². The molecular formula is C13H14N2O. The van der Waals surface area contributed by atoms with E-state index in [1.54, 1.807) is 18.3 Å². The maximum absolute atomic E-state index is 9.44. The van der Waals surface area contributed by atoms with Crippen LogP contribution in [0.25, 0.3) is 0 Å². The standard InChI is InChI=1S/C13H14N2O/c14-9-12(13-6-1-2-7-15-13)10-4-3-5-11(16)8-10/h1-8,12,16H,9,14H2. The van der Waals surface area contributed by atoms with Gasteiger partial charge in [-0.1, -0.05) is 18.2 Å². The molecule has 1 heterocycles. The monoisotopic (exact) mass is 214 g/mol. The van der Waals surface area contributed by atoms with Crippen molar-refractivity contribution >= 4 is 0 Å². The van der Waals surface area contributed by atoms with Gasteiger partial charge in [0.05, 0.1) is 0 Å². The van der Waals surface area contributed by atoms with E-state index in [1.165, 1.54) is 0 Å². The Morgan fingerprint density at radius 3 is 2.69 bits per heavy atom. The molecular weight excluding hydrogens is 200 g/mol. The van der Waals surface area contributed by atoms with Crippen LogP contribution in [0.3, 0.4) is 0 Å². The number of phenols is 1. The molecule has 1 unspecified atom stereocenters. The third kappa shape index (κ3) is 2.20. The Bertz CT molecular complexity index is 456. The molecule has 0 aliphatic rings. The molecule has 1 aromatic carbocycles. The number of pyridine rings is 1. The summed E-state index contributed by atoms with van der Waals surface area (Å²) >= 11 is 0. The molecule has 0 aliphatic heterocycles. The number of benzene rings is 1. The molecule has 0 spiro atoms. The second-order valence-corrected chi connectivity index (χ2v) is 3.64. The van der Waals surface area contributed by atoms with Gasteiger partial charge in [-0.15, -0.1) is 0 Å². The Kier molecular flexibility index (Phi) is 3.17. The van der Waals surface area contributed by atoms with Crippen LogP contribution < -0.4 is 5.73 Å². The molecule has 0 fully saturated rings. The van der Waals surface area contributed by atoms with Crippen molar-refractivity contribution in [1.82, 2.24) is 4.98 Å². The van der Waals surface area contributed by atoms with Crippen LogP contribution in [0.4, 0.5) is 0 Å². The molecule has 16 heavy (non-hydrogen) atoms. The van der Waals surface area contributed by atoms with Crippen LogP contribution in [0.15, 0.2) is 48.7 Å². The molecule has 1 aromatic heterocycles.